The first-order valence-electron chi connectivity index (χ1n) is 4.67. The van der Waals surface area contributed by atoms with Crippen molar-refractivity contribution in [3.63, 3.8) is 0 Å². The highest BCUT2D eigenvalue weighted by atomic mass is 16.5. The first-order chi connectivity index (χ1) is 6.54. The Morgan fingerprint density at radius 3 is 2.79 bits per heavy atom. The Bertz CT molecular complexity index is 200. The van der Waals surface area contributed by atoms with Gasteiger partial charge in [-0.2, -0.15) is 0 Å². The predicted molar refractivity (Wildman–Crippen MR) is 54.9 cm³/mol. The molecule has 0 spiro atoms. The van der Waals surface area contributed by atoms with Crippen LogP contribution < -0.4 is 5.32 Å². The van der Waals surface area contributed by atoms with E-state index in [1.807, 2.05) is 19.1 Å². The van der Waals surface area contributed by atoms with Gasteiger partial charge in [0, 0.05) is 6.54 Å². The van der Waals surface area contributed by atoms with Crippen molar-refractivity contribution in [2.24, 2.45) is 0 Å². The van der Waals surface area contributed by atoms with E-state index in [4.69, 9.17) is 0 Å². The van der Waals surface area contributed by atoms with Crippen LogP contribution in [0, 0.1) is 0 Å². The van der Waals surface area contributed by atoms with E-state index in [2.05, 4.69) is 10.1 Å². The van der Waals surface area contributed by atoms with Gasteiger partial charge in [0.2, 0.25) is 0 Å². The SMILES string of the molecule is C/C=C/CCNCC(C)(O)C(=O)OC. The first-order valence-corrected chi connectivity index (χ1v) is 4.67. The summed E-state index contributed by atoms with van der Waals surface area (Å²) in [6, 6.07) is 0. The van der Waals surface area contributed by atoms with Crippen LogP contribution in [0.3, 0.4) is 0 Å². The van der Waals surface area contributed by atoms with E-state index in [0.717, 1.165) is 13.0 Å². The second kappa shape index (κ2) is 6.56. The first kappa shape index (κ1) is 13.1. The largest absolute Gasteiger partial charge is 0.467 e. The third-order valence-electron chi connectivity index (χ3n) is 1.82. The Balaban J connectivity index is 3.71. The lowest BCUT2D eigenvalue weighted by atomic mass is 10.1. The number of rotatable bonds is 6. The van der Waals surface area contributed by atoms with E-state index < -0.39 is 11.6 Å². The predicted octanol–water partition coefficient (Wildman–Crippen LogP) is 0.466. The average molecular weight is 201 g/mol. The molecule has 1 unspecified atom stereocenters. The molecule has 0 heterocycles. The highest BCUT2D eigenvalue weighted by Crippen LogP contribution is 2.03. The minimum Gasteiger partial charge on any atom is -0.467 e. The molecule has 82 valence electrons. The molecule has 0 saturated heterocycles. The van der Waals surface area contributed by atoms with Crippen LogP contribution in [0.1, 0.15) is 20.3 Å². The lowest BCUT2D eigenvalue weighted by Gasteiger charge is -2.20. The summed E-state index contributed by atoms with van der Waals surface area (Å²) < 4.78 is 4.45. The van der Waals surface area contributed by atoms with E-state index in [1.54, 1.807) is 0 Å². The molecule has 0 aliphatic rings. The number of carbonyl (C=O) groups excluding carboxylic acids is 1. The van der Waals surface area contributed by atoms with Gasteiger partial charge in [-0.25, -0.2) is 4.79 Å². The summed E-state index contributed by atoms with van der Waals surface area (Å²) in [5.74, 6) is -0.615. The van der Waals surface area contributed by atoms with Gasteiger partial charge < -0.3 is 15.2 Å². The van der Waals surface area contributed by atoms with Crippen molar-refractivity contribution in [2.45, 2.75) is 25.9 Å². The Hall–Kier alpha value is -0.870. The molecule has 0 fully saturated rings. The molecule has 0 aromatic rings. The number of aliphatic hydroxyl groups is 1. The van der Waals surface area contributed by atoms with Gasteiger partial charge in [-0.05, 0) is 26.8 Å². The van der Waals surface area contributed by atoms with Crippen LogP contribution >= 0.6 is 0 Å². The molecule has 2 N–H and O–H groups in total. The fourth-order valence-corrected chi connectivity index (χ4v) is 0.976. The zero-order valence-electron chi connectivity index (χ0n) is 9.04. The van der Waals surface area contributed by atoms with E-state index >= 15 is 0 Å². The van der Waals surface area contributed by atoms with Crippen LogP contribution in [0.4, 0.5) is 0 Å². The molecule has 0 radical (unpaired) electrons. The molecule has 0 saturated carbocycles. The summed E-state index contributed by atoms with van der Waals surface area (Å²) in [5.41, 5.74) is -1.44. The van der Waals surface area contributed by atoms with E-state index in [9.17, 15) is 9.90 Å². The van der Waals surface area contributed by atoms with Gasteiger partial charge >= 0.3 is 5.97 Å². The second-order valence-corrected chi connectivity index (χ2v) is 3.30. The lowest BCUT2D eigenvalue weighted by Crippen LogP contribution is -2.45. The van der Waals surface area contributed by atoms with E-state index in [-0.39, 0.29) is 6.54 Å². The van der Waals surface area contributed by atoms with Gasteiger partial charge in [0.1, 0.15) is 0 Å². The van der Waals surface area contributed by atoms with Gasteiger partial charge in [0.25, 0.3) is 0 Å². The third kappa shape index (κ3) is 4.99. The normalized spacial score (nSPS) is 15.4. The van der Waals surface area contributed by atoms with Crippen molar-refractivity contribution in [1.82, 2.24) is 5.32 Å². The van der Waals surface area contributed by atoms with Gasteiger partial charge in [-0.3, -0.25) is 0 Å². The summed E-state index contributed by atoms with van der Waals surface area (Å²) in [7, 11) is 1.26. The van der Waals surface area contributed by atoms with Gasteiger partial charge in [0.15, 0.2) is 5.60 Å². The summed E-state index contributed by atoms with van der Waals surface area (Å²) in [5, 5.41) is 12.6. The zero-order valence-corrected chi connectivity index (χ0v) is 9.04. The van der Waals surface area contributed by atoms with Crippen LogP contribution in [0.2, 0.25) is 0 Å². The Morgan fingerprint density at radius 1 is 1.64 bits per heavy atom. The van der Waals surface area contributed by atoms with Crippen molar-refractivity contribution in [2.75, 3.05) is 20.2 Å². The molecule has 0 aliphatic carbocycles. The molecule has 0 aromatic carbocycles. The van der Waals surface area contributed by atoms with Crippen molar-refractivity contribution in [1.29, 1.82) is 0 Å². The molecular weight excluding hydrogens is 182 g/mol. The number of carbonyl (C=O) groups is 1. The molecule has 0 aliphatic heterocycles. The maximum Gasteiger partial charge on any atom is 0.338 e. The summed E-state index contributed by atoms with van der Waals surface area (Å²) in [6.07, 6.45) is 4.85. The molecule has 0 bridgehead atoms. The average Bonchev–Trinajstić information content (AvgIpc) is 2.16. The summed E-state index contributed by atoms with van der Waals surface area (Å²) >= 11 is 0. The minimum absolute atomic E-state index is 0.206. The third-order valence-corrected chi connectivity index (χ3v) is 1.82. The molecule has 0 aromatic heterocycles. The van der Waals surface area contributed by atoms with Crippen molar-refractivity contribution in [3.05, 3.63) is 12.2 Å². The van der Waals surface area contributed by atoms with Crippen molar-refractivity contribution < 1.29 is 14.6 Å². The highest BCUT2D eigenvalue weighted by molar-refractivity contribution is 5.78. The van der Waals surface area contributed by atoms with Gasteiger partial charge in [-0.1, -0.05) is 12.2 Å². The number of ether oxygens (including phenoxy) is 1. The van der Waals surface area contributed by atoms with E-state index in [1.165, 1.54) is 14.0 Å². The molecule has 4 nitrogen and oxygen atoms in total. The Labute approximate surface area is 85.0 Å². The summed E-state index contributed by atoms with van der Waals surface area (Å²) in [6.45, 7) is 4.32. The molecule has 1 atom stereocenters. The molecule has 4 heteroatoms. The van der Waals surface area contributed by atoms with Crippen LogP contribution in [-0.4, -0.2) is 36.9 Å². The quantitative estimate of drug-likeness (QED) is 0.372. The fraction of sp³-hybridized carbons (Fsp3) is 0.700. The zero-order chi connectivity index (χ0) is 11.0. The summed E-state index contributed by atoms with van der Waals surface area (Å²) in [4.78, 5) is 11.0. The Morgan fingerprint density at radius 2 is 2.29 bits per heavy atom. The molecular formula is C10H19NO3. The fourth-order valence-electron chi connectivity index (χ4n) is 0.976. The number of hydrogen-bond acceptors (Lipinski definition) is 4. The second-order valence-electron chi connectivity index (χ2n) is 3.30. The molecule has 0 rings (SSSR count). The van der Waals surface area contributed by atoms with Crippen LogP contribution in [0.5, 0.6) is 0 Å². The lowest BCUT2D eigenvalue weighted by molar-refractivity contribution is -0.159. The van der Waals surface area contributed by atoms with Crippen molar-refractivity contribution >= 4 is 5.97 Å². The number of methoxy groups -OCH3 is 1. The maximum atomic E-state index is 11.0. The highest BCUT2D eigenvalue weighted by Gasteiger charge is 2.30. The van der Waals surface area contributed by atoms with Gasteiger partial charge in [-0.15, -0.1) is 0 Å². The standard InChI is InChI=1S/C10H19NO3/c1-4-5-6-7-11-8-10(2,13)9(12)14-3/h4-5,11,13H,6-8H2,1-3H3/b5-4+. The number of nitrogens with one attached hydrogen (secondary N) is 1. The monoisotopic (exact) mass is 201 g/mol. The van der Waals surface area contributed by atoms with E-state index in [0.29, 0.717) is 0 Å². The topological polar surface area (TPSA) is 58.6 Å². The maximum absolute atomic E-state index is 11.0. The number of esters is 1. The number of hydrogen-bond donors (Lipinski definition) is 2. The van der Waals surface area contributed by atoms with Crippen LogP contribution in [-0.2, 0) is 9.53 Å². The number of allylic oxidation sites excluding steroid dienone is 1. The molecule has 0 amide bonds. The van der Waals surface area contributed by atoms with Crippen molar-refractivity contribution in [3.8, 4) is 0 Å². The van der Waals surface area contributed by atoms with Gasteiger partial charge in [0.05, 0.1) is 7.11 Å². The smallest absolute Gasteiger partial charge is 0.338 e. The minimum atomic E-state index is -1.44. The molecule has 14 heavy (non-hydrogen) atoms. The van der Waals surface area contributed by atoms with Crippen LogP contribution in [0.15, 0.2) is 12.2 Å². The Kier molecular flexibility index (Phi) is 6.16. The van der Waals surface area contributed by atoms with Crippen LogP contribution in [0.25, 0.3) is 0 Å².